The van der Waals surface area contributed by atoms with Crippen LogP contribution in [-0.2, 0) is 6.54 Å². The smallest absolute Gasteiger partial charge is 0.161 e. The van der Waals surface area contributed by atoms with Gasteiger partial charge in [-0.3, -0.25) is 9.98 Å². The van der Waals surface area contributed by atoms with E-state index >= 15 is 0 Å². The van der Waals surface area contributed by atoms with Crippen molar-refractivity contribution >= 4 is 34.7 Å². The highest BCUT2D eigenvalue weighted by molar-refractivity contribution is 6.13. The Balaban J connectivity index is 1.25. The van der Waals surface area contributed by atoms with Gasteiger partial charge in [0.15, 0.2) is 11.7 Å². The summed E-state index contributed by atoms with van der Waals surface area (Å²) in [7, 11) is 0. The molecule has 0 bridgehead atoms. The number of fused-ring (bicyclic) bond motifs is 1. The highest BCUT2D eigenvalue weighted by atomic mass is 15.0. The second-order valence-electron chi connectivity index (χ2n) is 13.4. The number of aryl methyl sites for hydroxylation is 1. The van der Waals surface area contributed by atoms with Gasteiger partial charge in [-0.25, -0.2) is 15.0 Å². The molecule has 0 fully saturated rings. The Hall–Kier alpha value is -6.85. The first kappa shape index (κ1) is 34.2. The van der Waals surface area contributed by atoms with Crippen LogP contribution in [0.25, 0.3) is 50.0 Å². The SMILES string of the molecule is C=NC(=NC(=NCc1ccccc1)c1cc(-c2ccc(-c3cc(C)cc(C4=CCCC=C4)n3)cc2)cc(-c2cc3ccccc3cn2)c1)c1ccccc1. The van der Waals surface area contributed by atoms with Gasteiger partial charge in [0.05, 0.1) is 23.6 Å². The second-order valence-corrected chi connectivity index (χ2v) is 13.4. The molecule has 0 aliphatic heterocycles. The maximum absolute atomic E-state index is 5.11. The first-order chi connectivity index (χ1) is 26.6. The van der Waals surface area contributed by atoms with Gasteiger partial charge in [-0.2, -0.15) is 0 Å². The Kier molecular flexibility index (Phi) is 10.0. The van der Waals surface area contributed by atoms with E-state index in [4.69, 9.17) is 20.0 Å². The summed E-state index contributed by atoms with van der Waals surface area (Å²) in [5.74, 6) is 1.07. The third-order valence-electron chi connectivity index (χ3n) is 9.54. The van der Waals surface area contributed by atoms with Crippen molar-refractivity contribution in [3.05, 3.63) is 198 Å². The Morgan fingerprint density at radius 2 is 1.31 bits per heavy atom. The summed E-state index contributed by atoms with van der Waals surface area (Å²) in [5.41, 5.74) is 12.1. The van der Waals surface area contributed by atoms with E-state index in [9.17, 15) is 0 Å². The predicted octanol–water partition coefficient (Wildman–Crippen LogP) is 11.8. The van der Waals surface area contributed by atoms with E-state index in [0.29, 0.717) is 18.2 Å². The Morgan fingerprint density at radius 3 is 2.07 bits per heavy atom. The molecule has 0 radical (unpaired) electrons. The number of aromatic nitrogens is 2. The molecular weight excluding hydrogens is 659 g/mol. The molecule has 5 heteroatoms. The molecule has 0 amide bonds. The van der Waals surface area contributed by atoms with E-state index in [-0.39, 0.29) is 0 Å². The largest absolute Gasteiger partial charge is 0.261 e. The van der Waals surface area contributed by atoms with Gasteiger partial charge in [-0.05, 0) is 96.1 Å². The maximum atomic E-state index is 5.11. The van der Waals surface area contributed by atoms with Crippen LogP contribution in [0.4, 0.5) is 0 Å². The van der Waals surface area contributed by atoms with Gasteiger partial charge in [0, 0.05) is 33.8 Å². The molecule has 0 atom stereocenters. The zero-order valence-corrected chi connectivity index (χ0v) is 30.2. The summed E-state index contributed by atoms with van der Waals surface area (Å²) in [6.45, 7) is 6.47. The second kappa shape index (κ2) is 15.8. The van der Waals surface area contributed by atoms with Gasteiger partial charge in [-0.1, -0.05) is 127 Å². The molecular formula is C49H39N5. The fourth-order valence-electron chi connectivity index (χ4n) is 6.73. The summed E-state index contributed by atoms with van der Waals surface area (Å²) in [6, 6.07) is 50.0. The number of amidine groups is 2. The molecule has 2 heterocycles. The van der Waals surface area contributed by atoms with Crippen LogP contribution in [-0.4, -0.2) is 28.4 Å². The summed E-state index contributed by atoms with van der Waals surface area (Å²) < 4.78 is 0. The molecule has 5 nitrogen and oxygen atoms in total. The van der Waals surface area contributed by atoms with Gasteiger partial charge in [0.25, 0.3) is 0 Å². The third-order valence-corrected chi connectivity index (χ3v) is 9.54. The van der Waals surface area contributed by atoms with Crippen molar-refractivity contribution in [3.63, 3.8) is 0 Å². The predicted molar refractivity (Wildman–Crippen MR) is 226 cm³/mol. The molecule has 7 aromatic rings. The molecule has 0 saturated heterocycles. The number of pyridine rings is 2. The third kappa shape index (κ3) is 7.81. The summed E-state index contributed by atoms with van der Waals surface area (Å²) in [5, 5.41) is 2.22. The van der Waals surface area contributed by atoms with E-state index in [2.05, 4.69) is 128 Å². The first-order valence-electron chi connectivity index (χ1n) is 18.3. The number of nitrogens with zero attached hydrogens (tertiary/aromatic N) is 5. The summed E-state index contributed by atoms with van der Waals surface area (Å²) in [6.07, 6.45) is 10.7. The lowest BCUT2D eigenvalue weighted by Gasteiger charge is -2.13. The highest BCUT2D eigenvalue weighted by Crippen LogP contribution is 2.32. The topological polar surface area (TPSA) is 62.9 Å². The van der Waals surface area contributed by atoms with Crippen molar-refractivity contribution in [1.29, 1.82) is 0 Å². The molecule has 0 saturated carbocycles. The van der Waals surface area contributed by atoms with Gasteiger partial charge in [0.1, 0.15) is 0 Å². The zero-order chi connectivity index (χ0) is 36.7. The van der Waals surface area contributed by atoms with Gasteiger partial charge in [-0.15, -0.1) is 0 Å². The van der Waals surface area contributed by atoms with Crippen LogP contribution in [0, 0.1) is 6.92 Å². The standard InChI is InChI=1S/C49H39N5/c1-34-26-46(37-16-8-4-9-17-37)53-47(27-34)38-24-22-36(23-25-38)42-28-43(45-31-40-20-12-13-21-41(40)33-51-45)30-44(29-42)49(52-32-35-14-6-3-7-15-35)54-48(50-2)39-18-10-5-11-19-39/h3,5-8,10-31,33H,2,4,9,32H2,1H3. The number of rotatable bonds is 8. The number of hydrogen-bond donors (Lipinski definition) is 0. The summed E-state index contributed by atoms with van der Waals surface area (Å²) in [4.78, 5) is 24.5. The Morgan fingerprint density at radius 1 is 0.611 bits per heavy atom. The number of aliphatic imine (C=N–C) groups is 3. The maximum Gasteiger partial charge on any atom is 0.161 e. The van der Waals surface area contributed by atoms with Crippen molar-refractivity contribution in [3.8, 4) is 33.6 Å². The highest BCUT2D eigenvalue weighted by Gasteiger charge is 2.14. The molecule has 2 aromatic heterocycles. The van der Waals surface area contributed by atoms with Gasteiger partial charge in [0.2, 0.25) is 0 Å². The van der Waals surface area contributed by atoms with Crippen molar-refractivity contribution in [2.45, 2.75) is 26.3 Å². The average molecular weight is 698 g/mol. The lowest BCUT2D eigenvalue weighted by Crippen LogP contribution is -2.06. The monoisotopic (exact) mass is 697 g/mol. The molecule has 1 aliphatic rings. The van der Waals surface area contributed by atoms with Crippen molar-refractivity contribution < 1.29 is 0 Å². The van der Waals surface area contributed by atoms with E-state index < -0.39 is 0 Å². The minimum absolute atomic E-state index is 0.458. The Labute approximate surface area is 316 Å². The number of hydrogen-bond acceptors (Lipinski definition) is 3. The lowest BCUT2D eigenvalue weighted by molar-refractivity contribution is 1.04. The van der Waals surface area contributed by atoms with Crippen LogP contribution in [0.2, 0.25) is 0 Å². The number of benzene rings is 5. The number of allylic oxidation sites excluding steroid dienone is 4. The van der Waals surface area contributed by atoms with E-state index in [1.807, 2.05) is 60.8 Å². The van der Waals surface area contributed by atoms with Gasteiger partial charge >= 0.3 is 0 Å². The quantitative estimate of drug-likeness (QED) is 0.117. The zero-order valence-electron chi connectivity index (χ0n) is 30.2. The van der Waals surface area contributed by atoms with Crippen LogP contribution >= 0.6 is 0 Å². The molecule has 1 aliphatic carbocycles. The Bertz CT molecular complexity index is 2580. The van der Waals surface area contributed by atoms with Crippen molar-refractivity contribution in [1.82, 2.24) is 9.97 Å². The van der Waals surface area contributed by atoms with Crippen LogP contribution in [0.1, 0.15) is 40.8 Å². The van der Waals surface area contributed by atoms with Crippen LogP contribution < -0.4 is 0 Å². The fourth-order valence-corrected chi connectivity index (χ4v) is 6.73. The minimum atomic E-state index is 0.458. The van der Waals surface area contributed by atoms with Crippen LogP contribution in [0.15, 0.2) is 185 Å². The van der Waals surface area contributed by atoms with E-state index in [1.54, 1.807) is 0 Å². The van der Waals surface area contributed by atoms with E-state index in [1.165, 1.54) is 11.1 Å². The van der Waals surface area contributed by atoms with Crippen molar-refractivity contribution in [2.75, 3.05) is 0 Å². The molecule has 54 heavy (non-hydrogen) atoms. The molecule has 5 aromatic carbocycles. The minimum Gasteiger partial charge on any atom is -0.261 e. The molecule has 0 unspecified atom stereocenters. The molecule has 8 rings (SSSR count). The first-order valence-corrected chi connectivity index (χ1v) is 18.3. The van der Waals surface area contributed by atoms with Crippen LogP contribution in [0.5, 0.6) is 0 Å². The average Bonchev–Trinajstić information content (AvgIpc) is 3.24. The normalized spacial score (nSPS) is 13.2. The molecule has 260 valence electrons. The lowest BCUT2D eigenvalue weighted by atomic mass is 9.95. The molecule has 0 N–H and O–H groups in total. The van der Waals surface area contributed by atoms with Crippen molar-refractivity contribution in [2.24, 2.45) is 15.0 Å². The van der Waals surface area contributed by atoms with Gasteiger partial charge < -0.3 is 0 Å². The fraction of sp³-hybridized carbons (Fsp3) is 0.0816. The summed E-state index contributed by atoms with van der Waals surface area (Å²) >= 11 is 0. The van der Waals surface area contributed by atoms with Crippen LogP contribution in [0.3, 0.4) is 0 Å². The van der Waals surface area contributed by atoms with E-state index in [0.717, 1.165) is 79.6 Å². The molecule has 0 spiro atoms.